The van der Waals surface area contributed by atoms with Crippen molar-refractivity contribution >= 4 is 11.9 Å². The number of allylic oxidation sites excluding steroid dienone is 2. The van der Waals surface area contributed by atoms with Crippen LogP contribution in [0.2, 0.25) is 0 Å². The Morgan fingerprint density at radius 1 is 0.524 bits per heavy atom. The molecular formula is C59H96O4. The number of carbonyl (C=O) groups excluding carboxylic acids is 2. The van der Waals surface area contributed by atoms with Crippen LogP contribution < -0.4 is 0 Å². The Balaban J connectivity index is 0.767. The smallest absolute Gasteiger partial charge is 0.306 e. The van der Waals surface area contributed by atoms with Gasteiger partial charge in [-0.25, -0.2) is 0 Å². The highest BCUT2D eigenvalue weighted by Crippen LogP contribution is 2.69. The lowest BCUT2D eigenvalue weighted by molar-refractivity contribution is -0.153. The molecule has 0 heterocycles. The minimum atomic E-state index is -0.133. The molecule has 0 amide bonds. The molecule has 4 heteroatoms. The molecule has 0 aromatic heterocycles. The van der Waals surface area contributed by atoms with Crippen molar-refractivity contribution in [2.45, 2.75) is 242 Å². The van der Waals surface area contributed by atoms with Crippen LogP contribution in [0, 0.1) is 92.7 Å². The summed E-state index contributed by atoms with van der Waals surface area (Å²) in [5.74, 6) is 9.78. The van der Waals surface area contributed by atoms with Crippen molar-refractivity contribution in [1.82, 2.24) is 0 Å². The predicted molar refractivity (Wildman–Crippen MR) is 260 cm³/mol. The molecule has 0 saturated heterocycles. The molecule has 0 spiro atoms. The molecule has 63 heavy (non-hydrogen) atoms. The van der Waals surface area contributed by atoms with Crippen molar-refractivity contribution in [3.63, 3.8) is 0 Å². The second-order valence-corrected chi connectivity index (χ2v) is 26.1. The van der Waals surface area contributed by atoms with Gasteiger partial charge in [0.2, 0.25) is 0 Å². The third-order valence-corrected chi connectivity index (χ3v) is 21.9. The summed E-state index contributed by atoms with van der Waals surface area (Å²) >= 11 is 0. The Morgan fingerprint density at radius 3 is 1.33 bits per heavy atom. The summed E-state index contributed by atoms with van der Waals surface area (Å²) in [6, 6.07) is 0. The highest BCUT2D eigenvalue weighted by atomic mass is 16.5. The SMILES string of the molecule is CC(C)CCC[C@@H](C)[C@@H]1CC[C@@H]2[C@H]3CC=C4C[C@@H](OC(=O)CCCC(=O)O[C@H]5CC[C@]6(C)C(=CC[C@@H]7[C@H]6CC[C@@]6(C)[C@@H]([C@@H](C)CCCC(C)C)CC[C@@H]76)C5)CC[C@]4(C)[C@@H]3CC[C@@]21C. The van der Waals surface area contributed by atoms with Gasteiger partial charge in [0.25, 0.3) is 0 Å². The van der Waals surface area contributed by atoms with E-state index in [4.69, 9.17) is 9.47 Å². The molecule has 0 aromatic rings. The molecule has 8 rings (SSSR count). The Bertz CT molecular complexity index is 1550. The average Bonchev–Trinajstić information content (AvgIpc) is 3.77. The van der Waals surface area contributed by atoms with Gasteiger partial charge in [-0.05, 0) is 189 Å². The van der Waals surface area contributed by atoms with E-state index < -0.39 is 0 Å². The fraction of sp³-hybridized carbons (Fsp3) is 0.898. The summed E-state index contributed by atoms with van der Waals surface area (Å²) in [6.07, 6.45) is 34.4. The summed E-state index contributed by atoms with van der Waals surface area (Å²) in [5.41, 5.74) is 4.69. The number of esters is 2. The third kappa shape index (κ3) is 9.36. The largest absolute Gasteiger partial charge is 0.462 e. The Hall–Kier alpha value is -1.58. The van der Waals surface area contributed by atoms with Crippen molar-refractivity contribution in [3.05, 3.63) is 23.3 Å². The first kappa shape index (κ1) is 47.9. The van der Waals surface area contributed by atoms with E-state index in [1.165, 1.54) is 103 Å². The maximum absolute atomic E-state index is 13.2. The van der Waals surface area contributed by atoms with Gasteiger partial charge >= 0.3 is 11.9 Å². The van der Waals surface area contributed by atoms with Gasteiger partial charge in [-0.15, -0.1) is 0 Å². The molecule has 8 aliphatic carbocycles. The number of carbonyl (C=O) groups is 2. The van der Waals surface area contributed by atoms with E-state index in [0.29, 0.717) is 30.1 Å². The van der Waals surface area contributed by atoms with Gasteiger partial charge in [-0.1, -0.05) is 131 Å². The second-order valence-electron chi connectivity index (χ2n) is 26.1. The number of hydrogen-bond donors (Lipinski definition) is 0. The van der Waals surface area contributed by atoms with Crippen molar-refractivity contribution in [2.24, 2.45) is 92.7 Å². The van der Waals surface area contributed by atoms with Crippen LogP contribution >= 0.6 is 0 Å². The van der Waals surface area contributed by atoms with E-state index in [0.717, 1.165) is 110 Å². The molecule has 0 aromatic carbocycles. The summed E-state index contributed by atoms with van der Waals surface area (Å²) in [6.45, 7) is 25.2. The predicted octanol–water partition coefficient (Wildman–Crippen LogP) is 16.1. The lowest BCUT2D eigenvalue weighted by Crippen LogP contribution is -2.51. The van der Waals surface area contributed by atoms with E-state index in [1.807, 2.05) is 0 Å². The standard InChI is InChI=1S/C59H96O4/c1-38(2)14-11-16-40(5)48-24-26-50-46-22-20-42-36-44(28-32-56(42,7)52(46)30-34-58(48,50)9)62-54(60)18-13-19-55(61)63-45-29-33-57(8)43(37-45)21-23-47-51-27-25-49(41(6)17-12-15-39(3)4)59(51,10)35-31-53(47)57/h20-21,38-41,44-53H,11-19,22-37H2,1-10H3/t40-,41+,44-,45-,46-,47+,48+,49-,50-,51+,52+,53+,56+,57-,58-,59+/m0/s1. The number of rotatable bonds is 16. The molecular weight excluding hydrogens is 773 g/mol. The maximum atomic E-state index is 13.2. The number of ether oxygens (including phenoxy) is 2. The minimum Gasteiger partial charge on any atom is -0.462 e. The van der Waals surface area contributed by atoms with Crippen LogP contribution in [-0.4, -0.2) is 24.1 Å². The number of hydrogen-bond acceptors (Lipinski definition) is 4. The maximum Gasteiger partial charge on any atom is 0.306 e. The topological polar surface area (TPSA) is 52.6 Å². The van der Waals surface area contributed by atoms with E-state index >= 15 is 0 Å². The monoisotopic (exact) mass is 869 g/mol. The normalized spacial score (nSPS) is 42.7. The van der Waals surface area contributed by atoms with Gasteiger partial charge in [0.1, 0.15) is 12.2 Å². The van der Waals surface area contributed by atoms with Crippen LogP contribution in [0.25, 0.3) is 0 Å². The molecule has 6 saturated carbocycles. The van der Waals surface area contributed by atoms with Crippen LogP contribution in [0.15, 0.2) is 23.3 Å². The molecule has 0 bridgehead atoms. The summed E-state index contributed by atoms with van der Waals surface area (Å²) in [5, 5.41) is 0. The first-order valence-electron chi connectivity index (χ1n) is 27.7. The van der Waals surface area contributed by atoms with E-state index in [2.05, 4.69) is 81.4 Å². The van der Waals surface area contributed by atoms with E-state index in [-0.39, 0.29) is 35.0 Å². The van der Waals surface area contributed by atoms with Gasteiger partial charge in [-0.2, -0.15) is 0 Å². The van der Waals surface area contributed by atoms with E-state index in [1.54, 1.807) is 11.1 Å². The Labute approximate surface area is 387 Å². The zero-order valence-corrected chi connectivity index (χ0v) is 42.5. The zero-order chi connectivity index (χ0) is 44.9. The van der Waals surface area contributed by atoms with Crippen molar-refractivity contribution in [2.75, 3.05) is 0 Å². The average molecular weight is 869 g/mol. The highest BCUT2D eigenvalue weighted by Gasteiger charge is 2.61. The second kappa shape index (κ2) is 19.2. The van der Waals surface area contributed by atoms with Crippen LogP contribution in [-0.2, 0) is 19.1 Å². The molecule has 6 fully saturated rings. The van der Waals surface area contributed by atoms with E-state index in [9.17, 15) is 9.59 Å². The summed E-state index contributed by atoms with van der Waals surface area (Å²) in [4.78, 5) is 26.4. The van der Waals surface area contributed by atoms with Crippen LogP contribution in [0.3, 0.4) is 0 Å². The van der Waals surface area contributed by atoms with Gasteiger partial charge in [0.15, 0.2) is 0 Å². The van der Waals surface area contributed by atoms with Gasteiger partial charge in [0, 0.05) is 25.7 Å². The summed E-state index contributed by atoms with van der Waals surface area (Å²) in [7, 11) is 0. The lowest BCUT2D eigenvalue weighted by Gasteiger charge is -2.58. The van der Waals surface area contributed by atoms with Crippen LogP contribution in [0.4, 0.5) is 0 Å². The quantitative estimate of drug-likeness (QED) is 0.115. The number of fused-ring (bicyclic) bond motifs is 10. The minimum absolute atomic E-state index is 0.0206. The molecule has 356 valence electrons. The first-order chi connectivity index (χ1) is 30.0. The van der Waals surface area contributed by atoms with Gasteiger partial charge in [-0.3, -0.25) is 9.59 Å². The van der Waals surface area contributed by atoms with Crippen molar-refractivity contribution in [1.29, 1.82) is 0 Å². The molecule has 0 unspecified atom stereocenters. The van der Waals surface area contributed by atoms with Gasteiger partial charge < -0.3 is 9.47 Å². The molecule has 4 nitrogen and oxygen atoms in total. The highest BCUT2D eigenvalue weighted by molar-refractivity contribution is 5.72. The van der Waals surface area contributed by atoms with Crippen molar-refractivity contribution in [3.8, 4) is 0 Å². The summed E-state index contributed by atoms with van der Waals surface area (Å²) < 4.78 is 12.3. The van der Waals surface area contributed by atoms with Crippen molar-refractivity contribution < 1.29 is 19.1 Å². The zero-order valence-electron chi connectivity index (χ0n) is 42.5. The Kier molecular flexibility index (Phi) is 14.6. The molecule has 0 N–H and O–H groups in total. The van der Waals surface area contributed by atoms with Crippen LogP contribution in [0.5, 0.6) is 0 Å². The fourth-order valence-corrected chi connectivity index (χ4v) is 18.4. The van der Waals surface area contributed by atoms with Crippen LogP contribution in [0.1, 0.15) is 230 Å². The third-order valence-electron chi connectivity index (χ3n) is 21.9. The molecule has 0 radical (unpaired) electrons. The fourth-order valence-electron chi connectivity index (χ4n) is 18.4. The molecule has 16 atom stereocenters. The molecule has 8 aliphatic rings. The van der Waals surface area contributed by atoms with Gasteiger partial charge in [0.05, 0.1) is 0 Å². The lowest BCUT2D eigenvalue weighted by atomic mass is 9.47. The molecule has 0 aliphatic heterocycles. The Morgan fingerprint density at radius 2 is 0.937 bits per heavy atom. The first-order valence-corrected chi connectivity index (χ1v) is 27.7.